The van der Waals surface area contributed by atoms with E-state index in [1.807, 2.05) is 85.8 Å². The molecule has 0 amide bonds. The standard InChI is InChI=1S/C24H22Cl2O2/c1-2-28-23(27)24(20-6-4-3-5-7-20,16-18-8-12-21(25)13-9-18)17-19-10-14-22(26)15-11-19/h3-15H,2,16-17H2,1H3. The van der Waals surface area contributed by atoms with Gasteiger partial charge >= 0.3 is 5.97 Å². The highest BCUT2D eigenvalue weighted by molar-refractivity contribution is 6.30. The van der Waals surface area contributed by atoms with E-state index in [2.05, 4.69) is 0 Å². The average Bonchev–Trinajstić information content (AvgIpc) is 2.71. The number of ether oxygens (including phenoxy) is 1. The zero-order valence-corrected chi connectivity index (χ0v) is 17.2. The van der Waals surface area contributed by atoms with Gasteiger partial charge in [-0.1, -0.05) is 77.8 Å². The summed E-state index contributed by atoms with van der Waals surface area (Å²) in [6.07, 6.45) is 1.02. The Kier molecular flexibility index (Phi) is 6.77. The minimum absolute atomic E-state index is 0.230. The molecule has 28 heavy (non-hydrogen) atoms. The van der Waals surface area contributed by atoms with E-state index in [9.17, 15) is 4.79 Å². The van der Waals surface area contributed by atoms with Gasteiger partial charge in [-0.05, 0) is 60.7 Å². The van der Waals surface area contributed by atoms with Crippen molar-refractivity contribution in [1.29, 1.82) is 0 Å². The van der Waals surface area contributed by atoms with E-state index in [0.717, 1.165) is 16.7 Å². The second kappa shape index (κ2) is 9.27. The Morgan fingerprint density at radius 1 is 0.786 bits per heavy atom. The molecule has 0 aliphatic carbocycles. The number of carbonyl (C=O) groups is 1. The molecule has 0 saturated carbocycles. The van der Waals surface area contributed by atoms with Crippen molar-refractivity contribution in [2.24, 2.45) is 0 Å². The predicted octanol–water partition coefficient (Wildman–Crippen LogP) is 6.28. The highest BCUT2D eigenvalue weighted by Crippen LogP contribution is 2.35. The van der Waals surface area contributed by atoms with Crippen LogP contribution in [-0.2, 0) is 27.8 Å². The number of benzene rings is 3. The van der Waals surface area contributed by atoms with E-state index < -0.39 is 5.41 Å². The molecule has 0 atom stereocenters. The molecule has 0 saturated heterocycles. The molecule has 3 aromatic rings. The molecule has 0 heterocycles. The number of carbonyl (C=O) groups excluding carboxylic acids is 1. The van der Waals surface area contributed by atoms with E-state index in [4.69, 9.17) is 27.9 Å². The molecule has 0 unspecified atom stereocenters. The summed E-state index contributed by atoms with van der Waals surface area (Å²) in [5, 5.41) is 1.34. The molecule has 0 radical (unpaired) electrons. The Balaban J connectivity index is 2.10. The van der Waals surface area contributed by atoms with Crippen LogP contribution in [0.1, 0.15) is 23.6 Å². The smallest absolute Gasteiger partial charge is 0.317 e. The van der Waals surface area contributed by atoms with Gasteiger partial charge in [-0.25, -0.2) is 0 Å². The fourth-order valence-electron chi connectivity index (χ4n) is 3.46. The van der Waals surface area contributed by atoms with Gasteiger partial charge in [0.05, 0.1) is 6.61 Å². The SMILES string of the molecule is CCOC(=O)C(Cc1ccc(Cl)cc1)(Cc1ccc(Cl)cc1)c1ccccc1. The third-order valence-corrected chi connectivity index (χ3v) is 5.33. The van der Waals surface area contributed by atoms with Crippen molar-refractivity contribution in [3.05, 3.63) is 106 Å². The van der Waals surface area contributed by atoms with Crippen LogP contribution in [0.5, 0.6) is 0 Å². The quantitative estimate of drug-likeness (QED) is 0.426. The van der Waals surface area contributed by atoms with Crippen molar-refractivity contribution >= 4 is 29.2 Å². The Bertz CT molecular complexity index is 856. The van der Waals surface area contributed by atoms with Crippen LogP contribution in [0.2, 0.25) is 10.0 Å². The molecule has 0 aromatic heterocycles. The summed E-state index contributed by atoms with van der Waals surface area (Å²) in [5.74, 6) is -0.230. The molecule has 0 aliphatic rings. The van der Waals surface area contributed by atoms with Crippen molar-refractivity contribution in [3.63, 3.8) is 0 Å². The number of hydrogen-bond donors (Lipinski definition) is 0. The lowest BCUT2D eigenvalue weighted by Gasteiger charge is -2.32. The summed E-state index contributed by atoms with van der Waals surface area (Å²) in [7, 11) is 0. The lowest BCUT2D eigenvalue weighted by Crippen LogP contribution is -2.42. The Hall–Kier alpha value is -2.29. The van der Waals surface area contributed by atoms with Gasteiger partial charge in [0.25, 0.3) is 0 Å². The third kappa shape index (κ3) is 4.76. The van der Waals surface area contributed by atoms with Crippen molar-refractivity contribution in [2.45, 2.75) is 25.2 Å². The zero-order chi connectivity index (χ0) is 20.0. The largest absolute Gasteiger partial charge is 0.465 e. The Morgan fingerprint density at radius 2 is 1.25 bits per heavy atom. The van der Waals surface area contributed by atoms with Crippen molar-refractivity contribution < 1.29 is 9.53 Å². The van der Waals surface area contributed by atoms with Gasteiger partial charge < -0.3 is 4.74 Å². The van der Waals surface area contributed by atoms with Crippen molar-refractivity contribution in [3.8, 4) is 0 Å². The first-order valence-electron chi connectivity index (χ1n) is 9.25. The predicted molar refractivity (Wildman–Crippen MR) is 115 cm³/mol. The van der Waals surface area contributed by atoms with Gasteiger partial charge in [0, 0.05) is 10.0 Å². The van der Waals surface area contributed by atoms with Crippen LogP contribution < -0.4 is 0 Å². The highest BCUT2D eigenvalue weighted by atomic mass is 35.5. The first-order chi connectivity index (χ1) is 13.5. The number of esters is 1. The summed E-state index contributed by atoms with van der Waals surface area (Å²) in [4.78, 5) is 13.3. The fraction of sp³-hybridized carbons (Fsp3) is 0.208. The third-order valence-electron chi connectivity index (χ3n) is 4.83. The van der Waals surface area contributed by atoms with Gasteiger partial charge in [0.1, 0.15) is 5.41 Å². The van der Waals surface area contributed by atoms with Crippen LogP contribution >= 0.6 is 23.2 Å². The van der Waals surface area contributed by atoms with Gasteiger partial charge in [-0.15, -0.1) is 0 Å². The maximum Gasteiger partial charge on any atom is 0.317 e. The monoisotopic (exact) mass is 412 g/mol. The molecule has 0 bridgehead atoms. The van der Waals surface area contributed by atoms with Crippen LogP contribution in [-0.4, -0.2) is 12.6 Å². The minimum atomic E-state index is -0.848. The molecule has 3 rings (SSSR count). The van der Waals surface area contributed by atoms with Gasteiger partial charge in [0.15, 0.2) is 0 Å². The lowest BCUT2D eigenvalue weighted by molar-refractivity contribution is -0.150. The molecule has 2 nitrogen and oxygen atoms in total. The second-order valence-electron chi connectivity index (χ2n) is 6.78. The number of rotatable bonds is 7. The van der Waals surface area contributed by atoms with E-state index in [1.165, 1.54) is 0 Å². The molecular weight excluding hydrogens is 391 g/mol. The molecule has 3 aromatic carbocycles. The molecule has 4 heteroatoms. The number of halogens is 2. The van der Waals surface area contributed by atoms with Crippen LogP contribution in [0.3, 0.4) is 0 Å². The van der Waals surface area contributed by atoms with E-state index in [1.54, 1.807) is 0 Å². The van der Waals surface area contributed by atoms with Crippen LogP contribution in [0.4, 0.5) is 0 Å². The summed E-state index contributed by atoms with van der Waals surface area (Å²) in [5.41, 5.74) is 2.13. The number of hydrogen-bond acceptors (Lipinski definition) is 2. The molecule has 0 fully saturated rings. The maximum atomic E-state index is 13.3. The van der Waals surface area contributed by atoms with Gasteiger partial charge in [0.2, 0.25) is 0 Å². The minimum Gasteiger partial charge on any atom is -0.465 e. The fourth-order valence-corrected chi connectivity index (χ4v) is 3.71. The van der Waals surface area contributed by atoms with E-state index >= 15 is 0 Å². The topological polar surface area (TPSA) is 26.3 Å². The molecule has 0 aliphatic heterocycles. The van der Waals surface area contributed by atoms with E-state index in [0.29, 0.717) is 29.5 Å². The average molecular weight is 413 g/mol. The van der Waals surface area contributed by atoms with Gasteiger partial charge in [-0.2, -0.15) is 0 Å². The van der Waals surface area contributed by atoms with Crippen molar-refractivity contribution in [1.82, 2.24) is 0 Å². The summed E-state index contributed by atoms with van der Waals surface area (Å²) in [6.45, 7) is 2.16. The highest BCUT2D eigenvalue weighted by Gasteiger charge is 2.42. The molecular formula is C24H22Cl2O2. The summed E-state index contributed by atoms with van der Waals surface area (Å²) in [6, 6.07) is 25.1. The first kappa shape index (κ1) is 20.4. The normalized spacial score (nSPS) is 11.2. The van der Waals surface area contributed by atoms with Crippen molar-refractivity contribution in [2.75, 3.05) is 6.61 Å². The summed E-state index contributed by atoms with van der Waals surface area (Å²) >= 11 is 12.1. The Morgan fingerprint density at radius 3 is 1.68 bits per heavy atom. The lowest BCUT2D eigenvalue weighted by atomic mass is 9.71. The Labute approximate surface area is 176 Å². The van der Waals surface area contributed by atoms with Crippen LogP contribution in [0, 0.1) is 0 Å². The van der Waals surface area contributed by atoms with Crippen LogP contribution in [0.25, 0.3) is 0 Å². The van der Waals surface area contributed by atoms with E-state index in [-0.39, 0.29) is 5.97 Å². The second-order valence-corrected chi connectivity index (χ2v) is 7.65. The molecule has 0 spiro atoms. The first-order valence-corrected chi connectivity index (χ1v) is 10.0. The molecule has 144 valence electrons. The summed E-state index contributed by atoms with van der Waals surface area (Å²) < 4.78 is 5.56. The zero-order valence-electron chi connectivity index (χ0n) is 15.7. The molecule has 0 N–H and O–H groups in total. The van der Waals surface area contributed by atoms with Gasteiger partial charge in [-0.3, -0.25) is 4.79 Å². The maximum absolute atomic E-state index is 13.3. The van der Waals surface area contributed by atoms with Crippen LogP contribution in [0.15, 0.2) is 78.9 Å².